The van der Waals surface area contributed by atoms with Gasteiger partial charge in [-0.3, -0.25) is 0 Å². The predicted molar refractivity (Wildman–Crippen MR) is 63.6 cm³/mol. The van der Waals surface area contributed by atoms with Crippen molar-refractivity contribution in [2.45, 2.75) is 26.3 Å². The lowest BCUT2D eigenvalue weighted by Crippen LogP contribution is -2.18. The lowest BCUT2D eigenvalue weighted by Gasteiger charge is -2.17. The van der Waals surface area contributed by atoms with Crippen molar-refractivity contribution in [3.8, 4) is 0 Å². The van der Waals surface area contributed by atoms with Crippen LogP contribution in [0.1, 0.15) is 18.9 Å². The molecule has 0 radical (unpaired) electrons. The lowest BCUT2D eigenvalue weighted by molar-refractivity contribution is 0.191. The second-order valence-corrected chi connectivity index (χ2v) is 3.98. The fourth-order valence-electron chi connectivity index (χ4n) is 1.31. The molecule has 0 aromatic carbocycles. The minimum Gasteiger partial charge on any atom is -0.385 e. The molecule has 1 unspecified atom stereocenters. The summed E-state index contributed by atoms with van der Waals surface area (Å²) >= 11 is 6.00. The van der Waals surface area contributed by atoms with Gasteiger partial charge in [-0.15, -0.1) is 0 Å². The number of nitrogens with one attached hydrogen (secondary N) is 1. The first-order valence-electron chi connectivity index (χ1n) is 5.01. The number of anilines is 1. The Hall–Kier alpha value is -0.800. The molecule has 0 saturated heterocycles. The highest BCUT2D eigenvalue weighted by atomic mass is 35.5. The third-order valence-electron chi connectivity index (χ3n) is 2.26. The maximum atomic E-state index is 6.00. The molecular weight excluding hydrogens is 212 g/mol. The molecule has 4 heteroatoms. The Bertz CT molecular complexity index is 297. The molecular formula is C11H17ClN2O. The van der Waals surface area contributed by atoms with E-state index < -0.39 is 0 Å². The number of halogens is 1. The van der Waals surface area contributed by atoms with Crippen LogP contribution in [-0.4, -0.2) is 24.7 Å². The van der Waals surface area contributed by atoms with Gasteiger partial charge in [0.15, 0.2) is 5.15 Å². The van der Waals surface area contributed by atoms with E-state index in [4.69, 9.17) is 16.3 Å². The summed E-state index contributed by atoms with van der Waals surface area (Å²) in [6, 6.07) is 2.27. The molecule has 1 heterocycles. The number of rotatable bonds is 5. The molecule has 84 valence electrons. The van der Waals surface area contributed by atoms with E-state index in [0.29, 0.717) is 11.2 Å². The van der Waals surface area contributed by atoms with Crippen LogP contribution in [0.15, 0.2) is 12.3 Å². The maximum Gasteiger partial charge on any atom is 0.152 e. The van der Waals surface area contributed by atoms with Crippen LogP contribution in [0, 0.1) is 6.92 Å². The first-order chi connectivity index (χ1) is 7.15. The fraction of sp³-hybridized carbons (Fsp3) is 0.545. The molecule has 0 fully saturated rings. The van der Waals surface area contributed by atoms with E-state index in [1.54, 1.807) is 13.3 Å². The van der Waals surface area contributed by atoms with E-state index in [9.17, 15) is 0 Å². The van der Waals surface area contributed by atoms with Crippen molar-refractivity contribution in [1.82, 2.24) is 4.98 Å². The summed E-state index contributed by atoms with van der Waals surface area (Å²) in [7, 11) is 1.70. The minimum atomic E-state index is 0.324. The van der Waals surface area contributed by atoms with Crippen molar-refractivity contribution in [2.24, 2.45) is 0 Å². The van der Waals surface area contributed by atoms with E-state index >= 15 is 0 Å². The standard InChI is InChI=1S/C11H17ClN2O/c1-8-4-6-13-11(12)10(8)14-9(2)5-7-15-3/h4,6,9,14H,5,7H2,1-3H3. The van der Waals surface area contributed by atoms with Gasteiger partial charge in [-0.1, -0.05) is 11.6 Å². The molecule has 1 aromatic rings. The van der Waals surface area contributed by atoms with Gasteiger partial charge in [-0.05, 0) is 31.9 Å². The van der Waals surface area contributed by atoms with Crippen molar-refractivity contribution in [3.63, 3.8) is 0 Å². The van der Waals surface area contributed by atoms with Gasteiger partial charge in [0.1, 0.15) is 0 Å². The smallest absolute Gasteiger partial charge is 0.152 e. The highest BCUT2D eigenvalue weighted by Gasteiger charge is 2.08. The number of aromatic nitrogens is 1. The van der Waals surface area contributed by atoms with Crippen LogP contribution in [0.2, 0.25) is 5.15 Å². The summed E-state index contributed by atoms with van der Waals surface area (Å²) in [6.45, 7) is 4.85. The van der Waals surface area contributed by atoms with Crippen molar-refractivity contribution in [3.05, 3.63) is 23.0 Å². The van der Waals surface area contributed by atoms with E-state index in [0.717, 1.165) is 24.3 Å². The van der Waals surface area contributed by atoms with Crippen LogP contribution in [0.4, 0.5) is 5.69 Å². The monoisotopic (exact) mass is 228 g/mol. The van der Waals surface area contributed by atoms with Crippen molar-refractivity contribution in [2.75, 3.05) is 19.0 Å². The number of nitrogens with zero attached hydrogens (tertiary/aromatic N) is 1. The Morgan fingerprint density at radius 2 is 2.33 bits per heavy atom. The summed E-state index contributed by atoms with van der Waals surface area (Å²) in [5.41, 5.74) is 2.03. The first-order valence-corrected chi connectivity index (χ1v) is 5.39. The molecule has 1 aromatic heterocycles. The average Bonchev–Trinajstić information content (AvgIpc) is 2.21. The van der Waals surface area contributed by atoms with Crippen LogP contribution in [0.3, 0.4) is 0 Å². The van der Waals surface area contributed by atoms with E-state index in [-0.39, 0.29) is 0 Å². The molecule has 3 nitrogen and oxygen atoms in total. The van der Waals surface area contributed by atoms with E-state index in [2.05, 4.69) is 17.2 Å². The van der Waals surface area contributed by atoms with Crippen molar-refractivity contribution >= 4 is 17.3 Å². The molecule has 1 N–H and O–H groups in total. The van der Waals surface area contributed by atoms with Gasteiger partial charge in [0.05, 0.1) is 5.69 Å². The van der Waals surface area contributed by atoms with Crippen LogP contribution in [0.25, 0.3) is 0 Å². The summed E-state index contributed by atoms with van der Waals surface area (Å²) in [6.07, 6.45) is 2.66. The summed E-state index contributed by atoms with van der Waals surface area (Å²) < 4.78 is 5.02. The number of ether oxygens (including phenoxy) is 1. The lowest BCUT2D eigenvalue weighted by atomic mass is 10.2. The molecule has 0 aliphatic heterocycles. The minimum absolute atomic E-state index is 0.324. The average molecular weight is 229 g/mol. The second kappa shape index (κ2) is 5.93. The van der Waals surface area contributed by atoms with Crippen LogP contribution < -0.4 is 5.32 Å². The molecule has 1 rings (SSSR count). The van der Waals surface area contributed by atoms with Gasteiger partial charge >= 0.3 is 0 Å². The third kappa shape index (κ3) is 3.68. The van der Waals surface area contributed by atoms with Crippen molar-refractivity contribution in [1.29, 1.82) is 0 Å². The number of pyridine rings is 1. The van der Waals surface area contributed by atoms with Gasteiger partial charge in [-0.2, -0.15) is 0 Å². The Morgan fingerprint density at radius 3 is 2.93 bits per heavy atom. The Morgan fingerprint density at radius 1 is 1.60 bits per heavy atom. The number of aryl methyl sites for hydroxylation is 1. The Kier molecular flexibility index (Phi) is 4.85. The Balaban J connectivity index is 2.63. The van der Waals surface area contributed by atoms with Crippen LogP contribution in [0.5, 0.6) is 0 Å². The molecule has 0 spiro atoms. The molecule has 0 saturated carbocycles. The molecule has 0 amide bonds. The van der Waals surface area contributed by atoms with Gasteiger partial charge in [0.2, 0.25) is 0 Å². The normalized spacial score (nSPS) is 12.5. The molecule has 0 aliphatic rings. The summed E-state index contributed by atoms with van der Waals surface area (Å²) in [4.78, 5) is 4.04. The number of hydrogen-bond acceptors (Lipinski definition) is 3. The predicted octanol–water partition coefficient (Wildman–Crippen LogP) is 2.88. The van der Waals surface area contributed by atoms with E-state index in [1.807, 2.05) is 13.0 Å². The van der Waals surface area contributed by atoms with Crippen molar-refractivity contribution < 1.29 is 4.74 Å². The summed E-state index contributed by atoms with van der Waals surface area (Å²) in [5.74, 6) is 0. The van der Waals surface area contributed by atoms with Crippen LogP contribution >= 0.6 is 11.6 Å². The molecule has 0 aliphatic carbocycles. The van der Waals surface area contributed by atoms with Gasteiger partial charge < -0.3 is 10.1 Å². The fourth-order valence-corrected chi connectivity index (χ4v) is 1.57. The third-order valence-corrected chi connectivity index (χ3v) is 2.55. The first kappa shape index (κ1) is 12.3. The number of methoxy groups -OCH3 is 1. The van der Waals surface area contributed by atoms with E-state index in [1.165, 1.54) is 0 Å². The zero-order valence-corrected chi connectivity index (χ0v) is 10.1. The molecule has 15 heavy (non-hydrogen) atoms. The van der Waals surface area contributed by atoms with Crippen LogP contribution in [-0.2, 0) is 4.74 Å². The van der Waals surface area contributed by atoms with Gasteiger partial charge in [-0.25, -0.2) is 4.98 Å². The largest absolute Gasteiger partial charge is 0.385 e. The molecule has 0 bridgehead atoms. The zero-order chi connectivity index (χ0) is 11.3. The topological polar surface area (TPSA) is 34.1 Å². The zero-order valence-electron chi connectivity index (χ0n) is 9.38. The second-order valence-electron chi connectivity index (χ2n) is 3.62. The highest BCUT2D eigenvalue weighted by Crippen LogP contribution is 2.23. The quantitative estimate of drug-likeness (QED) is 0.787. The van der Waals surface area contributed by atoms with Gasteiger partial charge in [0, 0.05) is 26.0 Å². The summed E-state index contributed by atoms with van der Waals surface area (Å²) in [5, 5.41) is 3.87. The maximum absolute atomic E-state index is 6.00. The highest BCUT2D eigenvalue weighted by molar-refractivity contribution is 6.32. The number of hydrogen-bond donors (Lipinski definition) is 1. The molecule has 1 atom stereocenters. The SMILES string of the molecule is COCCC(C)Nc1c(C)ccnc1Cl. The van der Waals surface area contributed by atoms with Gasteiger partial charge in [0.25, 0.3) is 0 Å². The Labute approximate surface area is 95.8 Å².